The second-order valence-electron chi connectivity index (χ2n) is 3.02. The molecule has 0 aliphatic carbocycles. The fourth-order valence-corrected chi connectivity index (χ4v) is 1.74. The van der Waals surface area contributed by atoms with Gasteiger partial charge < -0.3 is 4.90 Å². The number of hydrogen-bond donors (Lipinski definition) is 0. The third-order valence-electron chi connectivity index (χ3n) is 1.61. The predicted molar refractivity (Wildman–Crippen MR) is 60.2 cm³/mol. The van der Waals surface area contributed by atoms with Crippen LogP contribution in [0.5, 0.6) is 0 Å². The molecule has 0 aromatic carbocycles. The topological polar surface area (TPSA) is 33.2 Å². The van der Waals surface area contributed by atoms with Crippen LogP contribution in [0, 0.1) is 0 Å². The van der Waals surface area contributed by atoms with Crippen molar-refractivity contribution in [3.8, 4) is 0 Å². The summed E-state index contributed by atoms with van der Waals surface area (Å²) in [4.78, 5) is 16.6. The maximum atomic E-state index is 10.7. The Morgan fingerprint density at radius 1 is 1.57 bits per heavy atom. The second kappa shape index (κ2) is 4.91. The van der Waals surface area contributed by atoms with E-state index in [-0.39, 0.29) is 0 Å². The van der Waals surface area contributed by atoms with Gasteiger partial charge in [0, 0.05) is 48.3 Å². The van der Waals surface area contributed by atoms with E-state index >= 15 is 0 Å². The molecule has 1 heterocycles. The molecular formula is C10H11BrN2O. The molecule has 0 unspecified atom stereocenters. The number of aromatic nitrogens is 1. The third kappa shape index (κ3) is 2.67. The van der Waals surface area contributed by atoms with Gasteiger partial charge in [0.2, 0.25) is 0 Å². The van der Waals surface area contributed by atoms with Gasteiger partial charge in [0.1, 0.15) is 0 Å². The molecule has 0 saturated heterocycles. The SMILES string of the molecule is CN(C)/C=C(/Br)c1cnccc1C=O. The van der Waals surface area contributed by atoms with Crippen molar-refractivity contribution < 1.29 is 4.79 Å². The predicted octanol–water partition coefficient (Wildman–Crippen LogP) is 2.15. The highest BCUT2D eigenvalue weighted by Crippen LogP contribution is 2.22. The smallest absolute Gasteiger partial charge is 0.150 e. The summed E-state index contributed by atoms with van der Waals surface area (Å²) in [7, 11) is 3.83. The monoisotopic (exact) mass is 254 g/mol. The maximum Gasteiger partial charge on any atom is 0.150 e. The number of pyridine rings is 1. The first-order chi connectivity index (χ1) is 6.65. The van der Waals surface area contributed by atoms with Crippen molar-refractivity contribution in [3.63, 3.8) is 0 Å². The Labute approximate surface area is 91.6 Å². The number of aldehydes is 1. The molecule has 0 atom stereocenters. The minimum atomic E-state index is 0.630. The summed E-state index contributed by atoms with van der Waals surface area (Å²) in [6, 6.07) is 1.69. The standard InChI is InChI=1S/C10H11BrN2O/c1-13(2)6-10(11)9-5-12-4-3-8(9)7-14/h3-7H,1-2H3/b10-6+. The van der Waals surface area contributed by atoms with Gasteiger partial charge in [-0.3, -0.25) is 9.78 Å². The summed E-state index contributed by atoms with van der Waals surface area (Å²) in [5.74, 6) is 0. The van der Waals surface area contributed by atoms with Gasteiger partial charge in [-0.25, -0.2) is 0 Å². The maximum absolute atomic E-state index is 10.7. The molecule has 14 heavy (non-hydrogen) atoms. The van der Waals surface area contributed by atoms with E-state index in [4.69, 9.17) is 0 Å². The van der Waals surface area contributed by atoms with Gasteiger partial charge in [-0.2, -0.15) is 0 Å². The van der Waals surface area contributed by atoms with Gasteiger partial charge >= 0.3 is 0 Å². The fourth-order valence-electron chi connectivity index (χ4n) is 1.00. The lowest BCUT2D eigenvalue weighted by Crippen LogP contribution is -2.02. The minimum absolute atomic E-state index is 0.630. The highest BCUT2D eigenvalue weighted by molar-refractivity contribution is 9.15. The number of halogens is 1. The summed E-state index contributed by atoms with van der Waals surface area (Å²) in [6.45, 7) is 0. The van der Waals surface area contributed by atoms with Crippen molar-refractivity contribution in [2.45, 2.75) is 0 Å². The van der Waals surface area contributed by atoms with Crippen LogP contribution >= 0.6 is 15.9 Å². The normalized spacial score (nSPS) is 11.2. The lowest BCUT2D eigenvalue weighted by molar-refractivity contribution is 0.112. The van der Waals surface area contributed by atoms with Crippen molar-refractivity contribution in [1.29, 1.82) is 0 Å². The molecule has 0 amide bonds. The molecule has 0 saturated carbocycles. The van der Waals surface area contributed by atoms with Gasteiger partial charge in [0.25, 0.3) is 0 Å². The van der Waals surface area contributed by atoms with Crippen molar-refractivity contribution in [2.75, 3.05) is 14.1 Å². The zero-order valence-corrected chi connectivity index (χ0v) is 9.65. The Bertz CT molecular complexity index is 361. The Morgan fingerprint density at radius 3 is 2.86 bits per heavy atom. The molecule has 0 spiro atoms. The summed E-state index contributed by atoms with van der Waals surface area (Å²) >= 11 is 3.40. The first kappa shape index (κ1) is 10.9. The van der Waals surface area contributed by atoms with E-state index < -0.39 is 0 Å². The first-order valence-electron chi connectivity index (χ1n) is 4.08. The summed E-state index contributed by atoms with van der Waals surface area (Å²) in [6.07, 6.45) is 5.96. The van der Waals surface area contributed by atoms with Crippen molar-refractivity contribution >= 4 is 26.7 Å². The Morgan fingerprint density at radius 2 is 2.29 bits per heavy atom. The van der Waals surface area contributed by atoms with Crippen LogP contribution in [0.2, 0.25) is 0 Å². The minimum Gasteiger partial charge on any atom is -0.383 e. The summed E-state index contributed by atoms with van der Waals surface area (Å²) < 4.78 is 0.845. The number of carbonyl (C=O) groups excluding carboxylic acids is 1. The second-order valence-corrected chi connectivity index (χ2v) is 3.88. The Hall–Kier alpha value is -1.16. The molecule has 1 aromatic rings. The van der Waals surface area contributed by atoms with E-state index in [1.54, 1.807) is 18.5 Å². The zero-order chi connectivity index (χ0) is 10.6. The molecule has 1 aromatic heterocycles. The lowest BCUT2D eigenvalue weighted by Gasteiger charge is -2.08. The number of carbonyl (C=O) groups is 1. The molecule has 74 valence electrons. The van der Waals surface area contributed by atoms with E-state index in [0.29, 0.717) is 5.56 Å². The molecule has 0 fully saturated rings. The molecule has 0 radical (unpaired) electrons. The van der Waals surface area contributed by atoms with Gasteiger partial charge in [-0.15, -0.1) is 0 Å². The molecule has 0 bridgehead atoms. The van der Waals surface area contributed by atoms with E-state index in [1.807, 2.05) is 25.2 Å². The third-order valence-corrected chi connectivity index (χ3v) is 2.24. The largest absolute Gasteiger partial charge is 0.383 e. The molecule has 1 rings (SSSR count). The van der Waals surface area contributed by atoms with Crippen LogP contribution in [0.3, 0.4) is 0 Å². The zero-order valence-electron chi connectivity index (χ0n) is 8.07. The molecule has 0 N–H and O–H groups in total. The highest BCUT2D eigenvalue weighted by Gasteiger charge is 2.04. The van der Waals surface area contributed by atoms with Crippen LogP contribution in [0.15, 0.2) is 24.7 Å². The average molecular weight is 255 g/mol. The molecule has 3 nitrogen and oxygen atoms in total. The van der Waals surface area contributed by atoms with Gasteiger partial charge in [-0.1, -0.05) is 0 Å². The summed E-state index contributed by atoms with van der Waals surface area (Å²) in [5, 5.41) is 0. The first-order valence-corrected chi connectivity index (χ1v) is 4.87. The summed E-state index contributed by atoms with van der Waals surface area (Å²) in [5.41, 5.74) is 1.43. The Balaban J connectivity index is 3.11. The number of nitrogens with zero attached hydrogens (tertiary/aromatic N) is 2. The quantitative estimate of drug-likeness (QED) is 0.776. The van der Waals surface area contributed by atoms with Crippen LogP contribution in [-0.2, 0) is 0 Å². The van der Waals surface area contributed by atoms with Crippen LogP contribution in [0.4, 0.5) is 0 Å². The Kier molecular flexibility index (Phi) is 3.83. The van der Waals surface area contributed by atoms with E-state index in [1.165, 1.54) is 0 Å². The van der Waals surface area contributed by atoms with Crippen molar-refractivity contribution in [3.05, 3.63) is 35.8 Å². The average Bonchev–Trinajstić information content (AvgIpc) is 2.16. The highest BCUT2D eigenvalue weighted by atomic mass is 79.9. The van der Waals surface area contributed by atoms with Crippen LogP contribution in [0.25, 0.3) is 4.48 Å². The van der Waals surface area contributed by atoms with E-state index in [0.717, 1.165) is 16.3 Å². The van der Waals surface area contributed by atoms with E-state index in [2.05, 4.69) is 20.9 Å². The molecule has 0 aliphatic heterocycles. The van der Waals surface area contributed by atoms with Crippen LogP contribution in [-0.4, -0.2) is 30.3 Å². The van der Waals surface area contributed by atoms with Gasteiger partial charge in [-0.05, 0) is 22.0 Å². The fraction of sp³-hybridized carbons (Fsp3) is 0.200. The van der Waals surface area contributed by atoms with Gasteiger partial charge in [0.05, 0.1) is 0 Å². The molecule has 0 aliphatic rings. The lowest BCUT2D eigenvalue weighted by atomic mass is 10.1. The van der Waals surface area contributed by atoms with Crippen LogP contribution < -0.4 is 0 Å². The molecular weight excluding hydrogens is 244 g/mol. The van der Waals surface area contributed by atoms with E-state index in [9.17, 15) is 4.79 Å². The number of rotatable bonds is 3. The van der Waals surface area contributed by atoms with Gasteiger partial charge in [0.15, 0.2) is 6.29 Å². The van der Waals surface area contributed by atoms with Crippen molar-refractivity contribution in [2.24, 2.45) is 0 Å². The number of hydrogen-bond acceptors (Lipinski definition) is 3. The van der Waals surface area contributed by atoms with Crippen molar-refractivity contribution in [1.82, 2.24) is 9.88 Å². The van der Waals surface area contributed by atoms with Crippen LogP contribution in [0.1, 0.15) is 15.9 Å². The molecule has 4 heteroatoms.